The first kappa shape index (κ1) is 18.6. The Hall–Kier alpha value is -2.46. The van der Waals surface area contributed by atoms with E-state index in [0.717, 1.165) is 5.56 Å². The number of nitrogens with zero attached hydrogens (tertiary/aromatic N) is 2. The Morgan fingerprint density at radius 3 is 1.93 bits per heavy atom. The van der Waals surface area contributed by atoms with Crippen molar-refractivity contribution in [2.75, 3.05) is 0 Å². The number of amides is 2. The van der Waals surface area contributed by atoms with Gasteiger partial charge in [-0.2, -0.15) is 5.01 Å². The Morgan fingerprint density at radius 2 is 1.28 bits per heavy atom. The average molecular weight is 389 g/mol. The van der Waals surface area contributed by atoms with Gasteiger partial charge in [0.25, 0.3) is 0 Å². The zero-order valence-electron chi connectivity index (χ0n) is 16.7. The molecule has 3 aliphatic rings. The lowest BCUT2D eigenvalue weighted by atomic mass is 9.73. The number of imide groups is 1. The maximum absolute atomic E-state index is 13.1. The Kier molecular flexibility index (Phi) is 4.96. The SMILES string of the molecule is O=C1C[C@H](c2ccccc2)N2[C@H](C3CCCCC3)[C@H](c3ccccc3)CC(=O)N12. The van der Waals surface area contributed by atoms with E-state index in [0.29, 0.717) is 18.8 Å². The van der Waals surface area contributed by atoms with Crippen LogP contribution in [0.15, 0.2) is 60.7 Å². The third kappa shape index (κ3) is 3.29. The maximum atomic E-state index is 13.1. The van der Waals surface area contributed by atoms with Crippen LogP contribution in [0.2, 0.25) is 0 Å². The van der Waals surface area contributed by atoms with Crippen LogP contribution in [0.1, 0.15) is 68.0 Å². The van der Waals surface area contributed by atoms with Crippen LogP contribution >= 0.6 is 0 Å². The molecule has 5 rings (SSSR count). The molecule has 29 heavy (non-hydrogen) atoms. The molecule has 4 nitrogen and oxygen atoms in total. The number of hydrazine groups is 1. The van der Waals surface area contributed by atoms with Gasteiger partial charge in [-0.25, -0.2) is 5.01 Å². The van der Waals surface area contributed by atoms with Crippen molar-refractivity contribution in [1.29, 1.82) is 0 Å². The summed E-state index contributed by atoms with van der Waals surface area (Å²) < 4.78 is 0. The van der Waals surface area contributed by atoms with Crippen LogP contribution in [-0.2, 0) is 9.59 Å². The molecule has 2 saturated heterocycles. The Bertz CT molecular complexity index is 876. The predicted molar refractivity (Wildman–Crippen MR) is 112 cm³/mol. The second-order valence-corrected chi connectivity index (χ2v) is 8.72. The molecule has 2 aromatic rings. The topological polar surface area (TPSA) is 40.6 Å². The quantitative estimate of drug-likeness (QED) is 0.707. The fourth-order valence-electron chi connectivity index (χ4n) is 5.78. The van der Waals surface area contributed by atoms with Gasteiger partial charge in [0, 0.05) is 18.4 Å². The minimum Gasteiger partial charge on any atom is -0.273 e. The summed E-state index contributed by atoms with van der Waals surface area (Å²) in [6.07, 6.45) is 6.96. The molecule has 2 aliphatic heterocycles. The summed E-state index contributed by atoms with van der Waals surface area (Å²) in [5, 5.41) is 3.70. The third-order valence-corrected chi connectivity index (χ3v) is 7.05. The summed E-state index contributed by atoms with van der Waals surface area (Å²) in [6, 6.07) is 20.8. The smallest absolute Gasteiger partial charge is 0.245 e. The van der Waals surface area contributed by atoms with E-state index in [4.69, 9.17) is 0 Å². The molecule has 0 unspecified atom stereocenters. The van der Waals surface area contributed by atoms with Crippen LogP contribution in [0.3, 0.4) is 0 Å². The molecule has 0 radical (unpaired) electrons. The Balaban J connectivity index is 1.60. The lowest BCUT2D eigenvalue weighted by Crippen LogP contribution is -2.59. The first-order chi connectivity index (χ1) is 14.2. The van der Waals surface area contributed by atoms with Gasteiger partial charge in [0.05, 0.1) is 12.5 Å². The summed E-state index contributed by atoms with van der Waals surface area (Å²) in [7, 11) is 0. The Morgan fingerprint density at radius 1 is 0.690 bits per heavy atom. The second-order valence-electron chi connectivity index (χ2n) is 8.72. The number of hydrogen-bond acceptors (Lipinski definition) is 3. The van der Waals surface area contributed by atoms with Crippen molar-refractivity contribution < 1.29 is 9.59 Å². The van der Waals surface area contributed by atoms with Gasteiger partial charge in [-0.05, 0) is 29.9 Å². The van der Waals surface area contributed by atoms with Gasteiger partial charge in [-0.3, -0.25) is 9.59 Å². The van der Waals surface area contributed by atoms with Crippen molar-refractivity contribution >= 4 is 11.8 Å². The monoisotopic (exact) mass is 388 g/mol. The minimum absolute atomic E-state index is 0.0452. The molecule has 1 saturated carbocycles. The van der Waals surface area contributed by atoms with E-state index in [2.05, 4.69) is 41.4 Å². The molecule has 2 heterocycles. The first-order valence-electron chi connectivity index (χ1n) is 11.0. The second kappa shape index (κ2) is 7.75. The van der Waals surface area contributed by atoms with Crippen molar-refractivity contribution in [3.63, 3.8) is 0 Å². The number of rotatable bonds is 3. The highest BCUT2D eigenvalue weighted by Crippen LogP contribution is 2.48. The molecule has 0 N–H and O–H groups in total. The van der Waals surface area contributed by atoms with E-state index in [-0.39, 0.29) is 29.8 Å². The normalized spacial score (nSPS) is 28.6. The van der Waals surface area contributed by atoms with Gasteiger partial charge in [0.2, 0.25) is 11.8 Å². The largest absolute Gasteiger partial charge is 0.273 e. The average Bonchev–Trinajstić information content (AvgIpc) is 3.13. The van der Waals surface area contributed by atoms with Crippen LogP contribution in [0.5, 0.6) is 0 Å². The number of carbonyl (C=O) groups is 2. The fraction of sp³-hybridized carbons (Fsp3) is 0.440. The number of fused-ring (bicyclic) bond motifs is 1. The van der Waals surface area contributed by atoms with Crippen LogP contribution in [0, 0.1) is 5.92 Å². The Labute approximate surface area is 172 Å². The van der Waals surface area contributed by atoms with Crippen LogP contribution in [0.4, 0.5) is 0 Å². The molecule has 4 heteroatoms. The van der Waals surface area contributed by atoms with E-state index < -0.39 is 0 Å². The number of carbonyl (C=O) groups excluding carboxylic acids is 2. The molecule has 0 bridgehead atoms. The summed E-state index contributed by atoms with van der Waals surface area (Å²) >= 11 is 0. The molecule has 150 valence electrons. The van der Waals surface area contributed by atoms with Gasteiger partial charge < -0.3 is 0 Å². The molecule has 0 aromatic heterocycles. The number of benzene rings is 2. The zero-order valence-corrected chi connectivity index (χ0v) is 16.7. The number of hydrogen-bond donors (Lipinski definition) is 0. The van der Waals surface area contributed by atoms with Crippen molar-refractivity contribution in [3.8, 4) is 0 Å². The highest BCUT2D eigenvalue weighted by atomic mass is 16.2. The minimum atomic E-state index is -0.0499. The van der Waals surface area contributed by atoms with E-state index >= 15 is 0 Å². The van der Waals surface area contributed by atoms with Gasteiger partial charge in [0.15, 0.2) is 0 Å². The van der Waals surface area contributed by atoms with Crippen molar-refractivity contribution in [2.24, 2.45) is 5.92 Å². The molecule has 2 amide bonds. The highest BCUT2D eigenvalue weighted by Gasteiger charge is 2.53. The summed E-state index contributed by atoms with van der Waals surface area (Å²) in [5.74, 6) is 0.562. The van der Waals surface area contributed by atoms with Gasteiger partial charge in [0.1, 0.15) is 0 Å². The summed E-state index contributed by atoms with van der Waals surface area (Å²) in [6.45, 7) is 0. The van der Waals surface area contributed by atoms with Gasteiger partial charge >= 0.3 is 0 Å². The molecule has 0 spiro atoms. The van der Waals surface area contributed by atoms with Crippen LogP contribution in [0.25, 0.3) is 0 Å². The van der Waals surface area contributed by atoms with Crippen molar-refractivity contribution in [2.45, 2.75) is 62.9 Å². The van der Waals surface area contributed by atoms with E-state index in [9.17, 15) is 9.59 Å². The van der Waals surface area contributed by atoms with Gasteiger partial charge in [-0.15, -0.1) is 0 Å². The van der Waals surface area contributed by atoms with Crippen molar-refractivity contribution in [1.82, 2.24) is 10.0 Å². The van der Waals surface area contributed by atoms with Gasteiger partial charge in [-0.1, -0.05) is 79.9 Å². The third-order valence-electron chi connectivity index (χ3n) is 7.05. The van der Waals surface area contributed by atoms with E-state index in [1.54, 1.807) is 0 Å². The molecular weight excluding hydrogens is 360 g/mol. The fourth-order valence-corrected chi connectivity index (χ4v) is 5.78. The standard InChI is InChI=1S/C25H28N2O2/c28-23-16-21(18-10-4-1-5-11-18)25(20-14-8-3-9-15-20)26-22(17-24(29)27(23)26)19-12-6-2-7-13-19/h1-2,4-7,10-13,20-22,25H,3,8-9,14-17H2/t21-,22+,25+/m0/s1. The zero-order chi connectivity index (χ0) is 19.8. The molecule has 3 fully saturated rings. The predicted octanol–water partition coefficient (Wildman–Crippen LogP) is 4.84. The lowest BCUT2D eigenvalue weighted by molar-refractivity contribution is -0.174. The van der Waals surface area contributed by atoms with E-state index in [1.807, 2.05) is 24.3 Å². The molecule has 2 aromatic carbocycles. The summed E-state index contributed by atoms with van der Waals surface area (Å²) in [4.78, 5) is 26.1. The molecule has 1 aliphatic carbocycles. The van der Waals surface area contributed by atoms with Crippen LogP contribution in [-0.4, -0.2) is 27.9 Å². The first-order valence-corrected chi connectivity index (χ1v) is 11.0. The highest BCUT2D eigenvalue weighted by molar-refractivity contribution is 5.97. The molecule has 3 atom stereocenters. The molecular formula is C25H28N2O2. The van der Waals surface area contributed by atoms with Crippen LogP contribution < -0.4 is 0 Å². The van der Waals surface area contributed by atoms with Crippen molar-refractivity contribution in [3.05, 3.63) is 71.8 Å². The van der Waals surface area contributed by atoms with E-state index in [1.165, 1.54) is 42.7 Å². The lowest BCUT2D eigenvalue weighted by Gasteiger charge is -2.49. The summed E-state index contributed by atoms with van der Waals surface area (Å²) in [5.41, 5.74) is 2.35. The maximum Gasteiger partial charge on any atom is 0.245 e.